The summed E-state index contributed by atoms with van der Waals surface area (Å²) in [5.74, 6) is 2.58. The average molecular weight is 220 g/mol. The van der Waals surface area contributed by atoms with E-state index in [0.29, 0.717) is 0 Å². The maximum absolute atomic E-state index is 4.53. The molecule has 2 rings (SSSR count). The van der Waals surface area contributed by atoms with Gasteiger partial charge in [0, 0.05) is 25.8 Å². The quantitative estimate of drug-likeness (QED) is 0.844. The molecule has 1 aliphatic rings. The lowest BCUT2D eigenvalue weighted by Crippen LogP contribution is -2.21. The van der Waals surface area contributed by atoms with Crippen molar-refractivity contribution in [2.75, 3.05) is 29.9 Å². The molecule has 4 nitrogen and oxygen atoms in total. The zero-order valence-electron chi connectivity index (χ0n) is 10.1. The Labute approximate surface area is 97.1 Å². The molecule has 2 heterocycles. The number of nitrogens with zero attached hydrogens (tertiary/aromatic N) is 3. The Morgan fingerprint density at radius 1 is 1.56 bits per heavy atom. The topological polar surface area (TPSA) is 41.1 Å². The summed E-state index contributed by atoms with van der Waals surface area (Å²) in [5.41, 5.74) is 0. The highest BCUT2D eigenvalue weighted by molar-refractivity contribution is 5.43. The van der Waals surface area contributed by atoms with Crippen LogP contribution in [0.2, 0.25) is 0 Å². The molecule has 0 bridgehead atoms. The van der Waals surface area contributed by atoms with Crippen LogP contribution in [0, 0.1) is 5.92 Å². The second-order valence-corrected chi connectivity index (χ2v) is 4.51. The van der Waals surface area contributed by atoms with E-state index < -0.39 is 0 Å². The van der Waals surface area contributed by atoms with Crippen LogP contribution < -0.4 is 10.2 Å². The van der Waals surface area contributed by atoms with Crippen LogP contribution in [-0.4, -0.2) is 29.6 Å². The van der Waals surface area contributed by atoms with Gasteiger partial charge in [0.25, 0.3) is 0 Å². The van der Waals surface area contributed by atoms with Crippen molar-refractivity contribution in [3.8, 4) is 0 Å². The fourth-order valence-electron chi connectivity index (χ4n) is 1.99. The minimum atomic E-state index is 0.749. The molecule has 0 saturated carbocycles. The Kier molecular flexibility index (Phi) is 3.59. The fourth-order valence-corrected chi connectivity index (χ4v) is 1.99. The molecule has 0 amide bonds. The van der Waals surface area contributed by atoms with E-state index in [9.17, 15) is 0 Å². The monoisotopic (exact) mass is 220 g/mol. The molecule has 0 radical (unpaired) electrons. The van der Waals surface area contributed by atoms with Crippen LogP contribution in [0.5, 0.6) is 0 Å². The molecule has 0 spiro atoms. The van der Waals surface area contributed by atoms with Gasteiger partial charge in [0.2, 0.25) is 5.95 Å². The highest BCUT2D eigenvalue weighted by Gasteiger charge is 2.19. The highest BCUT2D eigenvalue weighted by Crippen LogP contribution is 2.21. The van der Waals surface area contributed by atoms with E-state index in [-0.39, 0.29) is 0 Å². The number of hydrogen-bond donors (Lipinski definition) is 1. The number of rotatable bonds is 4. The van der Waals surface area contributed by atoms with Gasteiger partial charge in [-0.05, 0) is 24.8 Å². The number of nitrogens with one attached hydrogen (secondary N) is 1. The molecule has 4 heteroatoms. The van der Waals surface area contributed by atoms with Crippen molar-refractivity contribution in [1.82, 2.24) is 9.97 Å². The van der Waals surface area contributed by atoms with E-state index in [1.807, 2.05) is 12.3 Å². The zero-order chi connectivity index (χ0) is 11.4. The SMILES string of the molecule is CCCNc1nccc(N2CCC(C)C2)n1. The Balaban J connectivity index is 2.04. The van der Waals surface area contributed by atoms with Crippen molar-refractivity contribution in [2.45, 2.75) is 26.7 Å². The summed E-state index contributed by atoms with van der Waals surface area (Å²) in [4.78, 5) is 11.1. The third-order valence-electron chi connectivity index (χ3n) is 2.92. The van der Waals surface area contributed by atoms with Crippen molar-refractivity contribution >= 4 is 11.8 Å². The van der Waals surface area contributed by atoms with Crippen molar-refractivity contribution in [1.29, 1.82) is 0 Å². The van der Waals surface area contributed by atoms with E-state index >= 15 is 0 Å². The van der Waals surface area contributed by atoms with Crippen LogP contribution in [0.1, 0.15) is 26.7 Å². The first-order chi connectivity index (χ1) is 7.79. The van der Waals surface area contributed by atoms with Gasteiger partial charge in [-0.25, -0.2) is 4.98 Å². The summed E-state index contributed by atoms with van der Waals surface area (Å²) < 4.78 is 0. The normalized spacial score (nSPS) is 20.1. The number of hydrogen-bond acceptors (Lipinski definition) is 4. The van der Waals surface area contributed by atoms with Gasteiger partial charge in [-0.1, -0.05) is 13.8 Å². The number of aromatic nitrogens is 2. The Morgan fingerprint density at radius 3 is 3.12 bits per heavy atom. The predicted octanol–water partition coefficient (Wildman–Crippen LogP) is 2.14. The summed E-state index contributed by atoms with van der Waals surface area (Å²) in [7, 11) is 0. The van der Waals surface area contributed by atoms with Crippen LogP contribution in [-0.2, 0) is 0 Å². The van der Waals surface area contributed by atoms with Crippen molar-refractivity contribution < 1.29 is 0 Å². The molecule has 1 saturated heterocycles. The van der Waals surface area contributed by atoms with Crippen LogP contribution in [0.4, 0.5) is 11.8 Å². The van der Waals surface area contributed by atoms with Gasteiger partial charge >= 0.3 is 0 Å². The minimum absolute atomic E-state index is 0.749. The maximum atomic E-state index is 4.53. The molecule has 88 valence electrons. The lowest BCUT2D eigenvalue weighted by Gasteiger charge is -2.17. The van der Waals surface area contributed by atoms with Crippen molar-refractivity contribution in [3.05, 3.63) is 12.3 Å². The summed E-state index contributed by atoms with van der Waals surface area (Å²) in [6.07, 6.45) is 4.19. The largest absolute Gasteiger partial charge is 0.356 e. The van der Waals surface area contributed by atoms with E-state index in [1.165, 1.54) is 6.42 Å². The van der Waals surface area contributed by atoms with Crippen molar-refractivity contribution in [3.63, 3.8) is 0 Å². The van der Waals surface area contributed by atoms with Gasteiger partial charge in [0.05, 0.1) is 0 Å². The van der Waals surface area contributed by atoms with Crippen LogP contribution in [0.25, 0.3) is 0 Å². The standard InChI is InChI=1S/C12H20N4/c1-3-6-13-12-14-7-4-11(15-12)16-8-5-10(2)9-16/h4,7,10H,3,5-6,8-9H2,1-2H3,(H,13,14,15). The minimum Gasteiger partial charge on any atom is -0.356 e. The van der Waals surface area contributed by atoms with E-state index in [2.05, 4.69) is 34.0 Å². The fraction of sp³-hybridized carbons (Fsp3) is 0.667. The summed E-state index contributed by atoms with van der Waals surface area (Å²) in [6.45, 7) is 7.59. The van der Waals surface area contributed by atoms with E-state index in [0.717, 1.165) is 43.7 Å². The molecule has 16 heavy (non-hydrogen) atoms. The number of anilines is 2. The maximum Gasteiger partial charge on any atom is 0.224 e. The van der Waals surface area contributed by atoms with Crippen LogP contribution in [0.15, 0.2) is 12.3 Å². The van der Waals surface area contributed by atoms with Crippen LogP contribution in [0.3, 0.4) is 0 Å². The van der Waals surface area contributed by atoms with Gasteiger partial charge in [0.1, 0.15) is 5.82 Å². The molecular formula is C12H20N4. The van der Waals surface area contributed by atoms with Gasteiger partial charge < -0.3 is 10.2 Å². The Hall–Kier alpha value is -1.32. The highest BCUT2D eigenvalue weighted by atomic mass is 15.2. The smallest absolute Gasteiger partial charge is 0.224 e. The molecule has 1 unspecified atom stereocenters. The first kappa shape index (κ1) is 11.2. The zero-order valence-corrected chi connectivity index (χ0v) is 10.1. The molecule has 0 aromatic carbocycles. The van der Waals surface area contributed by atoms with Gasteiger partial charge in [-0.3, -0.25) is 0 Å². The molecular weight excluding hydrogens is 200 g/mol. The summed E-state index contributed by atoms with van der Waals surface area (Å²) in [5, 5.41) is 3.22. The second-order valence-electron chi connectivity index (χ2n) is 4.51. The average Bonchev–Trinajstić information content (AvgIpc) is 2.74. The lowest BCUT2D eigenvalue weighted by atomic mass is 10.2. The first-order valence-corrected chi connectivity index (χ1v) is 6.11. The summed E-state index contributed by atoms with van der Waals surface area (Å²) in [6, 6.07) is 2.00. The molecule has 1 aliphatic heterocycles. The van der Waals surface area contributed by atoms with Crippen molar-refractivity contribution in [2.24, 2.45) is 5.92 Å². The summed E-state index contributed by atoms with van der Waals surface area (Å²) >= 11 is 0. The van der Waals surface area contributed by atoms with E-state index in [4.69, 9.17) is 0 Å². The first-order valence-electron chi connectivity index (χ1n) is 6.11. The molecule has 1 N–H and O–H groups in total. The molecule has 1 atom stereocenters. The van der Waals surface area contributed by atoms with Gasteiger partial charge in [-0.15, -0.1) is 0 Å². The van der Waals surface area contributed by atoms with Crippen LogP contribution >= 0.6 is 0 Å². The third-order valence-corrected chi connectivity index (χ3v) is 2.92. The lowest BCUT2D eigenvalue weighted by molar-refractivity contribution is 0.659. The molecule has 1 aromatic rings. The molecule has 1 aromatic heterocycles. The molecule has 0 aliphatic carbocycles. The van der Waals surface area contributed by atoms with Gasteiger partial charge in [-0.2, -0.15) is 4.98 Å². The Morgan fingerprint density at radius 2 is 2.44 bits per heavy atom. The van der Waals surface area contributed by atoms with E-state index in [1.54, 1.807) is 0 Å². The second kappa shape index (κ2) is 5.14. The predicted molar refractivity (Wildman–Crippen MR) is 66.8 cm³/mol. The Bertz CT molecular complexity index is 340. The third kappa shape index (κ3) is 2.62. The van der Waals surface area contributed by atoms with Gasteiger partial charge in [0.15, 0.2) is 0 Å². The molecule has 1 fully saturated rings.